The average Bonchev–Trinajstić information content (AvgIpc) is 3.16. The van der Waals surface area contributed by atoms with E-state index in [1.165, 1.54) is 34.0 Å². The average molecular weight is 438 g/mol. The van der Waals surface area contributed by atoms with Gasteiger partial charge in [0.2, 0.25) is 5.95 Å². The van der Waals surface area contributed by atoms with Crippen LogP contribution in [0.3, 0.4) is 0 Å². The first-order valence-corrected chi connectivity index (χ1v) is 12.0. The van der Waals surface area contributed by atoms with Crippen LogP contribution in [0.4, 0.5) is 11.6 Å². The highest BCUT2D eigenvalue weighted by molar-refractivity contribution is 5.77. The van der Waals surface area contributed by atoms with E-state index in [4.69, 9.17) is 4.98 Å². The second-order valence-corrected chi connectivity index (χ2v) is 9.31. The Morgan fingerprint density at radius 1 is 1.00 bits per heavy atom. The summed E-state index contributed by atoms with van der Waals surface area (Å²) in [5.74, 6) is 1.09. The van der Waals surface area contributed by atoms with E-state index in [-0.39, 0.29) is 11.2 Å². The van der Waals surface area contributed by atoms with Crippen molar-refractivity contribution < 1.29 is 0 Å². The van der Waals surface area contributed by atoms with E-state index in [9.17, 15) is 9.59 Å². The van der Waals surface area contributed by atoms with Crippen LogP contribution in [0.5, 0.6) is 0 Å². The van der Waals surface area contributed by atoms with Gasteiger partial charge in [0.1, 0.15) is 0 Å². The van der Waals surface area contributed by atoms with Crippen LogP contribution in [0, 0.1) is 12.8 Å². The highest BCUT2D eigenvalue weighted by atomic mass is 16.2. The van der Waals surface area contributed by atoms with Crippen molar-refractivity contribution in [2.45, 2.75) is 72.4 Å². The zero-order chi connectivity index (χ0) is 22.8. The molecular formula is C25H35N5O2. The first kappa shape index (κ1) is 22.4. The summed E-state index contributed by atoms with van der Waals surface area (Å²) in [6.07, 6.45) is 6.70. The standard InChI is InChI=1S/C25H35N5O2/c1-5-6-7-8-9-10-15-28-23(31)21-22(27(4)25(28)32)26-24-29(16-19(3)17-30(21)24)20-13-11-18(2)12-14-20/h11-14,19H,5-10,15-17H2,1-4H3/t19-/m1/s1. The first-order valence-electron chi connectivity index (χ1n) is 12.0. The molecule has 0 aliphatic carbocycles. The van der Waals surface area contributed by atoms with Crippen LogP contribution in [0.25, 0.3) is 11.2 Å². The Hall–Kier alpha value is -2.83. The summed E-state index contributed by atoms with van der Waals surface area (Å²) < 4.78 is 4.96. The molecule has 0 fully saturated rings. The fraction of sp³-hybridized carbons (Fsp3) is 0.560. The number of aromatic nitrogens is 4. The lowest BCUT2D eigenvalue weighted by molar-refractivity contribution is 0.457. The molecule has 0 saturated heterocycles. The molecule has 172 valence electrons. The molecule has 2 aromatic heterocycles. The molecule has 0 N–H and O–H groups in total. The molecule has 0 spiro atoms. The summed E-state index contributed by atoms with van der Waals surface area (Å²) in [6.45, 7) is 8.47. The second-order valence-electron chi connectivity index (χ2n) is 9.31. The smallest absolute Gasteiger partial charge is 0.312 e. The Kier molecular flexibility index (Phi) is 6.53. The zero-order valence-electron chi connectivity index (χ0n) is 19.8. The molecule has 7 heteroatoms. The molecule has 7 nitrogen and oxygen atoms in total. The number of rotatable bonds is 8. The van der Waals surface area contributed by atoms with Crippen molar-refractivity contribution in [3.8, 4) is 0 Å². The Balaban J connectivity index is 1.73. The van der Waals surface area contributed by atoms with Crippen molar-refractivity contribution in [2.75, 3.05) is 11.4 Å². The van der Waals surface area contributed by atoms with Crippen LogP contribution in [-0.2, 0) is 20.1 Å². The van der Waals surface area contributed by atoms with Gasteiger partial charge in [0, 0.05) is 32.4 Å². The summed E-state index contributed by atoms with van der Waals surface area (Å²) >= 11 is 0. The molecule has 3 heterocycles. The van der Waals surface area contributed by atoms with Gasteiger partial charge in [-0.2, -0.15) is 4.98 Å². The van der Waals surface area contributed by atoms with Crippen LogP contribution in [-0.4, -0.2) is 25.2 Å². The van der Waals surface area contributed by atoms with Gasteiger partial charge < -0.3 is 9.47 Å². The van der Waals surface area contributed by atoms with E-state index in [0.717, 1.165) is 44.0 Å². The van der Waals surface area contributed by atoms with Crippen LogP contribution in [0.2, 0.25) is 0 Å². The molecule has 1 aromatic carbocycles. The highest BCUT2D eigenvalue weighted by Gasteiger charge is 2.29. The van der Waals surface area contributed by atoms with E-state index in [1.54, 1.807) is 7.05 Å². The molecule has 1 atom stereocenters. The minimum Gasteiger partial charge on any atom is -0.312 e. The number of aryl methyl sites for hydroxylation is 2. The highest BCUT2D eigenvalue weighted by Crippen LogP contribution is 2.32. The Morgan fingerprint density at radius 2 is 1.69 bits per heavy atom. The minimum absolute atomic E-state index is 0.214. The van der Waals surface area contributed by atoms with Crippen LogP contribution >= 0.6 is 0 Å². The minimum atomic E-state index is -0.276. The normalized spacial score (nSPS) is 16.0. The van der Waals surface area contributed by atoms with Crippen molar-refractivity contribution in [1.29, 1.82) is 0 Å². The molecule has 1 aliphatic rings. The van der Waals surface area contributed by atoms with Gasteiger partial charge in [-0.15, -0.1) is 0 Å². The third-order valence-electron chi connectivity index (χ3n) is 6.52. The third kappa shape index (κ3) is 4.12. The number of anilines is 2. The van der Waals surface area contributed by atoms with Gasteiger partial charge in [-0.3, -0.25) is 13.9 Å². The van der Waals surface area contributed by atoms with Crippen LogP contribution in [0.1, 0.15) is 57.9 Å². The van der Waals surface area contributed by atoms with E-state index >= 15 is 0 Å². The van der Waals surface area contributed by atoms with Crippen molar-refractivity contribution in [3.63, 3.8) is 0 Å². The lowest BCUT2D eigenvalue weighted by Crippen LogP contribution is -2.40. The summed E-state index contributed by atoms with van der Waals surface area (Å²) in [4.78, 5) is 33.4. The number of unbranched alkanes of at least 4 members (excludes halogenated alkanes) is 5. The predicted octanol–water partition coefficient (Wildman–Crippen LogP) is 4.35. The molecule has 0 saturated carbocycles. The molecule has 4 rings (SSSR count). The van der Waals surface area contributed by atoms with Crippen LogP contribution < -0.4 is 16.1 Å². The van der Waals surface area contributed by atoms with Gasteiger partial charge in [-0.25, -0.2) is 4.79 Å². The summed E-state index contributed by atoms with van der Waals surface area (Å²) in [5.41, 5.74) is 2.77. The summed E-state index contributed by atoms with van der Waals surface area (Å²) in [7, 11) is 1.72. The molecule has 3 aromatic rings. The molecule has 0 unspecified atom stereocenters. The molecule has 0 amide bonds. The maximum Gasteiger partial charge on any atom is 0.332 e. The summed E-state index contributed by atoms with van der Waals surface area (Å²) in [6, 6.07) is 8.36. The Bertz CT molecular complexity index is 1200. The van der Waals surface area contributed by atoms with Crippen molar-refractivity contribution in [3.05, 3.63) is 50.7 Å². The van der Waals surface area contributed by atoms with E-state index in [0.29, 0.717) is 23.6 Å². The van der Waals surface area contributed by atoms with E-state index < -0.39 is 0 Å². The summed E-state index contributed by atoms with van der Waals surface area (Å²) in [5, 5.41) is 0. The Morgan fingerprint density at radius 3 is 2.41 bits per heavy atom. The quantitative estimate of drug-likeness (QED) is 0.492. The van der Waals surface area contributed by atoms with Crippen molar-refractivity contribution in [2.24, 2.45) is 13.0 Å². The number of hydrogen-bond acceptors (Lipinski definition) is 4. The third-order valence-corrected chi connectivity index (χ3v) is 6.52. The van der Waals surface area contributed by atoms with Gasteiger partial charge >= 0.3 is 5.69 Å². The first-order chi connectivity index (χ1) is 15.4. The topological polar surface area (TPSA) is 65.1 Å². The van der Waals surface area contributed by atoms with Gasteiger partial charge in [0.05, 0.1) is 0 Å². The number of fused-ring (bicyclic) bond motifs is 3. The SMILES string of the molecule is CCCCCCCCn1c(=O)c2c(nc3n2C[C@H](C)CN3c2ccc(C)cc2)n(C)c1=O. The Labute approximate surface area is 189 Å². The molecule has 0 radical (unpaired) electrons. The largest absolute Gasteiger partial charge is 0.332 e. The van der Waals surface area contributed by atoms with Crippen molar-refractivity contribution in [1.82, 2.24) is 18.7 Å². The fourth-order valence-electron chi connectivity index (χ4n) is 4.69. The number of nitrogens with zero attached hydrogens (tertiary/aromatic N) is 5. The zero-order valence-corrected chi connectivity index (χ0v) is 19.8. The molecule has 1 aliphatic heterocycles. The van der Waals surface area contributed by atoms with Gasteiger partial charge in [-0.1, -0.05) is 63.6 Å². The van der Waals surface area contributed by atoms with Crippen LogP contribution in [0.15, 0.2) is 33.9 Å². The van der Waals surface area contributed by atoms with Crippen molar-refractivity contribution >= 4 is 22.8 Å². The van der Waals surface area contributed by atoms with Gasteiger partial charge in [-0.05, 0) is 31.4 Å². The monoisotopic (exact) mass is 437 g/mol. The maximum atomic E-state index is 13.5. The second kappa shape index (κ2) is 9.35. The number of hydrogen-bond donors (Lipinski definition) is 0. The van der Waals surface area contributed by atoms with E-state index in [1.807, 2.05) is 4.57 Å². The molecule has 0 bridgehead atoms. The maximum absolute atomic E-state index is 13.5. The number of benzene rings is 1. The fourth-order valence-corrected chi connectivity index (χ4v) is 4.69. The lowest BCUT2D eigenvalue weighted by Gasteiger charge is -2.33. The molecular weight excluding hydrogens is 402 g/mol. The lowest BCUT2D eigenvalue weighted by atomic mass is 10.1. The van der Waals surface area contributed by atoms with Gasteiger partial charge in [0.25, 0.3) is 5.56 Å². The number of imidazole rings is 1. The van der Waals surface area contributed by atoms with Gasteiger partial charge in [0.15, 0.2) is 11.2 Å². The van der Waals surface area contributed by atoms with E-state index in [2.05, 4.69) is 49.9 Å². The predicted molar refractivity (Wildman–Crippen MR) is 130 cm³/mol. The molecule has 32 heavy (non-hydrogen) atoms.